The Kier molecular flexibility index (Phi) is 3.16. The number of benzene rings is 1. The highest BCUT2D eigenvalue weighted by molar-refractivity contribution is 6.03. The molecule has 20 heavy (non-hydrogen) atoms. The summed E-state index contributed by atoms with van der Waals surface area (Å²) in [5.74, 6) is 0.624. The fourth-order valence-corrected chi connectivity index (χ4v) is 1.95. The van der Waals surface area contributed by atoms with Crippen molar-refractivity contribution < 1.29 is 4.79 Å². The molecule has 0 spiro atoms. The molecular formula is C13H14N6O. The molecule has 1 aromatic carbocycles. The van der Waals surface area contributed by atoms with E-state index in [-0.39, 0.29) is 5.91 Å². The summed E-state index contributed by atoms with van der Waals surface area (Å²) in [5.41, 5.74) is 2.02. The minimum Gasteiger partial charge on any atom is -0.368 e. The van der Waals surface area contributed by atoms with Crippen LogP contribution in [0.2, 0.25) is 0 Å². The van der Waals surface area contributed by atoms with E-state index in [1.807, 2.05) is 24.3 Å². The van der Waals surface area contributed by atoms with Crippen LogP contribution in [0.15, 0.2) is 35.5 Å². The second-order valence-corrected chi connectivity index (χ2v) is 4.47. The first kappa shape index (κ1) is 12.3. The number of amidine groups is 1. The number of nitrogens with zero attached hydrogens (tertiary/aromatic N) is 4. The Balaban J connectivity index is 1.70. The van der Waals surface area contributed by atoms with Crippen molar-refractivity contribution in [2.24, 2.45) is 12.0 Å². The third-order valence-electron chi connectivity index (χ3n) is 2.93. The smallest absolute Gasteiger partial charge is 0.277 e. The third-order valence-corrected chi connectivity index (χ3v) is 2.93. The average molecular weight is 270 g/mol. The van der Waals surface area contributed by atoms with E-state index in [0.29, 0.717) is 11.4 Å². The number of carbonyl (C=O) groups is 1. The van der Waals surface area contributed by atoms with Crippen LogP contribution in [0.3, 0.4) is 0 Å². The van der Waals surface area contributed by atoms with Gasteiger partial charge in [-0.05, 0) is 24.3 Å². The van der Waals surface area contributed by atoms with Crippen molar-refractivity contribution in [1.29, 1.82) is 0 Å². The van der Waals surface area contributed by atoms with Crippen molar-refractivity contribution in [3.8, 4) is 0 Å². The van der Waals surface area contributed by atoms with Crippen LogP contribution in [0.1, 0.15) is 16.1 Å². The van der Waals surface area contributed by atoms with Crippen molar-refractivity contribution in [1.82, 2.24) is 20.3 Å². The molecule has 0 saturated heterocycles. The zero-order valence-corrected chi connectivity index (χ0v) is 11.0. The quantitative estimate of drug-likeness (QED) is 0.846. The van der Waals surface area contributed by atoms with Gasteiger partial charge in [0.2, 0.25) is 0 Å². The fraction of sp³-hybridized carbons (Fsp3) is 0.231. The summed E-state index contributed by atoms with van der Waals surface area (Å²) in [6.07, 6.45) is 1.57. The molecule has 2 heterocycles. The molecule has 2 N–H and O–H groups in total. The second kappa shape index (κ2) is 5.12. The molecule has 2 aromatic rings. The van der Waals surface area contributed by atoms with Gasteiger partial charge in [-0.3, -0.25) is 14.5 Å². The Hall–Kier alpha value is -2.70. The maximum absolute atomic E-state index is 11.9. The van der Waals surface area contributed by atoms with Crippen LogP contribution in [0.25, 0.3) is 0 Å². The van der Waals surface area contributed by atoms with Gasteiger partial charge in [0.1, 0.15) is 5.84 Å². The lowest BCUT2D eigenvalue weighted by molar-refractivity contribution is 0.102. The maximum Gasteiger partial charge on any atom is 0.277 e. The topological polar surface area (TPSA) is 84.2 Å². The van der Waals surface area contributed by atoms with Gasteiger partial charge in [0.25, 0.3) is 5.91 Å². The van der Waals surface area contributed by atoms with Gasteiger partial charge < -0.3 is 10.6 Å². The molecule has 0 atom stereocenters. The molecule has 7 nitrogen and oxygen atoms in total. The van der Waals surface area contributed by atoms with E-state index in [1.165, 1.54) is 4.68 Å². The molecule has 0 unspecified atom stereocenters. The number of hydrogen-bond acceptors (Lipinski definition) is 5. The highest BCUT2D eigenvalue weighted by Gasteiger charge is 2.11. The molecule has 1 amide bonds. The van der Waals surface area contributed by atoms with Gasteiger partial charge in [-0.25, -0.2) is 0 Å². The maximum atomic E-state index is 11.9. The first-order chi connectivity index (χ1) is 9.72. The molecular weight excluding hydrogens is 256 g/mol. The third kappa shape index (κ3) is 2.51. The summed E-state index contributed by atoms with van der Waals surface area (Å²) in [6.45, 7) is 1.68. The zero-order valence-electron chi connectivity index (χ0n) is 11.0. The largest absolute Gasteiger partial charge is 0.368 e. The summed E-state index contributed by atoms with van der Waals surface area (Å²) in [7, 11) is 1.72. The van der Waals surface area contributed by atoms with E-state index in [2.05, 4.69) is 25.9 Å². The van der Waals surface area contributed by atoms with E-state index in [1.54, 1.807) is 13.2 Å². The molecule has 3 rings (SSSR count). The summed E-state index contributed by atoms with van der Waals surface area (Å²) in [4.78, 5) is 16.2. The average Bonchev–Trinajstić information content (AvgIpc) is 3.10. The molecule has 102 valence electrons. The molecule has 0 saturated carbocycles. The van der Waals surface area contributed by atoms with Crippen LogP contribution in [0.4, 0.5) is 5.69 Å². The van der Waals surface area contributed by atoms with Gasteiger partial charge in [-0.15, -0.1) is 5.10 Å². The minimum atomic E-state index is -0.276. The number of aromatic nitrogens is 3. The molecule has 0 aliphatic carbocycles. The van der Waals surface area contributed by atoms with Crippen LogP contribution in [0.5, 0.6) is 0 Å². The zero-order chi connectivity index (χ0) is 13.9. The van der Waals surface area contributed by atoms with Crippen LogP contribution in [0, 0.1) is 0 Å². The lowest BCUT2D eigenvalue weighted by atomic mass is 10.2. The van der Waals surface area contributed by atoms with Gasteiger partial charge in [-0.1, -0.05) is 5.21 Å². The molecule has 0 fully saturated rings. The molecule has 1 aromatic heterocycles. The predicted octanol–water partition coefficient (Wildman–Crippen LogP) is 0.417. The van der Waals surface area contributed by atoms with Gasteiger partial charge in [0.15, 0.2) is 5.69 Å². The number of amides is 1. The first-order valence-electron chi connectivity index (χ1n) is 6.29. The van der Waals surface area contributed by atoms with E-state index < -0.39 is 0 Å². The van der Waals surface area contributed by atoms with E-state index >= 15 is 0 Å². The van der Waals surface area contributed by atoms with Crippen molar-refractivity contribution in [3.63, 3.8) is 0 Å². The van der Waals surface area contributed by atoms with Crippen LogP contribution < -0.4 is 10.6 Å². The Morgan fingerprint density at radius 1 is 1.35 bits per heavy atom. The van der Waals surface area contributed by atoms with Crippen molar-refractivity contribution in [2.45, 2.75) is 0 Å². The van der Waals surface area contributed by atoms with E-state index in [9.17, 15) is 4.79 Å². The van der Waals surface area contributed by atoms with E-state index in [4.69, 9.17) is 0 Å². The molecule has 1 aliphatic rings. The van der Waals surface area contributed by atoms with Crippen molar-refractivity contribution in [2.75, 3.05) is 18.4 Å². The minimum absolute atomic E-state index is 0.276. The Labute approximate surface area is 115 Å². The monoisotopic (exact) mass is 270 g/mol. The number of rotatable bonds is 3. The number of aryl methyl sites for hydroxylation is 1. The van der Waals surface area contributed by atoms with Crippen molar-refractivity contribution >= 4 is 17.4 Å². The fourth-order valence-electron chi connectivity index (χ4n) is 1.95. The summed E-state index contributed by atoms with van der Waals surface area (Å²) >= 11 is 0. The normalized spacial score (nSPS) is 13.8. The SMILES string of the molecule is Cn1cc(C(=O)Nc2ccc(C3=NCCN3)cc2)nn1. The van der Waals surface area contributed by atoms with Gasteiger partial charge in [0.05, 0.1) is 12.7 Å². The summed E-state index contributed by atoms with van der Waals surface area (Å²) in [6, 6.07) is 7.52. The van der Waals surface area contributed by atoms with Crippen LogP contribution >= 0.6 is 0 Å². The number of nitrogens with one attached hydrogen (secondary N) is 2. The lowest BCUT2D eigenvalue weighted by Crippen LogP contribution is -2.19. The molecule has 0 radical (unpaired) electrons. The summed E-state index contributed by atoms with van der Waals surface area (Å²) < 4.78 is 1.49. The number of anilines is 1. The summed E-state index contributed by atoms with van der Waals surface area (Å²) in [5, 5.41) is 13.5. The van der Waals surface area contributed by atoms with E-state index in [0.717, 1.165) is 24.5 Å². The Morgan fingerprint density at radius 2 is 2.15 bits per heavy atom. The standard InChI is InChI=1S/C13H14N6O/c1-19-8-11(17-18-19)13(20)16-10-4-2-9(3-5-10)12-14-6-7-15-12/h2-5,8H,6-7H2,1H3,(H,14,15)(H,16,20). The number of aliphatic imine (C=N–C) groups is 1. The van der Waals surface area contributed by atoms with Gasteiger partial charge in [0, 0.05) is 24.8 Å². The Morgan fingerprint density at radius 3 is 2.75 bits per heavy atom. The van der Waals surface area contributed by atoms with Gasteiger partial charge >= 0.3 is 0 Å². The van der Waals surface area contributed by atoms with Gasteiger partial charge in [-0.2, -0.15) is 0 Å². The second-order valence-electron chi connectivity index (χ2n) is 4.47. The van der Waals surface area contributed by atoms with Crippen LogP contribution in [-0.2, 0) is 7.05 Å². The highest BCUT2D eigenvalue weighted by Crippen LogP contribution is 2.12. The number of hydrogen-bond donors (Lipinski definition) is 2. The highest BCUT2D eigenvalue weighted by atomic mass is 16.2. The van der Waals surface area contributed by atoms with Crippen molar-refractivity contribution in [3.05, 3.63) is 41.7 Å². The van der Waals surface area contributed by atoms with Crippen LogP contribution in [-0.4, -0.2) is 39.8 Å². The number of carbonyl (C=O) groups excluding carboxylic acids is 1. The molecule has 0 bridgehead atoms. The first-order valence-corrected chi connectivity index (χ1v) is 6.29. The Bertz CT molecular complexity index is 658. The lowest BCUT2D eigenvalue weighted by Gasteiger charge is -2.05. The predicted molar refractivity (Wildman–Crippen MR) is 74.8 cm³/mol. The molecule has 1 aliphatic heterocycles. The molecule has 7 heteroatoms.